The molecule has 0 spiro atoms. The second-order valence-corrected chi connectivity index (χ2v) is 8.16. The van der Waals surface area contributed by atoms with E-state index in [4.69, 9.17) is 4.74 Å². The Bertz CT molecular complexity index is 941. The number of ether oxygens (including phenoxy) is 1. The first-order valence-electron chi connectivity index (χ1n) is 10.9. The van der Waals surface area contributed by atoms with E-state index in [1.165, 1.54) is 19.0 Å². The third-order valence-electron chi connectivity index (χ3n) is 6.22. The van der Waals surface area contributed by atoms with Crippen molar-refractivity contribution >= 4 is 23.3 Å². The Hall–Kier alpha value is -3.27. The number of carbonyl (C=O) groups is 1. The number of hydrogen-bond donors (Lipinski definition) is 0. The van der Waals surface area contributed by atoms with Gasteiger partial charge in [-0.2, -0.15) is 0 Å². The Morgan fingerprint density at radius 2 is 1.62 bits per heavy atom. The van der Waals surface area contributed by atoms with Gasteiger partial charge in [-0.3, -0.25) is 19.8 Å². The van der Waals surface area contributed by atoms with Gasteiger partial charge in [0, 0.05) is 45.8 Å². The van der Waals surface area contributed by atoms with E-state index >= 15 is 0 Å². The molecule has 170 valence electrons. The minimum absolute atomic E-state index is 0.0551. The number of nitro groups is 1. The summed E-state index contributed by atoms with van der Waals surface area (Å²) < 4.78 is 4.84. The molecule has 0 bridgehead atoms. The van der Waals surface area contributed by atoms with Gasteiger partial charge in [-0.25, -0.2) is 9.97 Å². The van der Waals surface area contributed by atoms with E-state index in [0.717, 1.165) is 19.6 Å². The molecule has 2 fully saturated rings. The molecule has 2 aliphatic rings. The molecule has 1 aromatic heterocycles. The number of hydrogen-bond acceptors (Lipinski definition) is 9. The van der Waals surface area contributed by atoms with Crippen LogP contribution in [0.1, 0.15) is 18.4 Å². The summed E-state index contributed by atoms with van der Waals surface area (Å²) in [6.45, 7) is 4.82. The fourth-order valence-electron chi connectivity index (χ4n) is 4.44. The van der Waals surface area contributed by atoms with Crippen molar-refractivity contribution in [3.05, 3.63) is 52.3 Å². The number of esters is 1. The van der Waals surface area contributed by atoms with E-state index in [-0.39, 0.29) is 22.5 Å². The van der Waals surface area contributed by atoms with Crippen LogP contribution in [0.25, 0.3) is 0 Å². The molecule has 3 heterocycles. The second-order valence-electron chi connectivity index (χ2n) is 8.16. The molecule has 32 heavy (non-hydrogen) atoms. The van der Waals surface area contributed by atoms with Crippen molar-refractivity contribution in [2.45, 2.75) is 19.4 Å². The lowest BCUT2D eigenvalue weighted by molar-refractivity contribution is -0.383. The molecular weight excluding hydrogens is 412 g/mol. The van der Waals surface area contributed by atoms with Gasteiger partial charge in [-0.15, -0.1) is 0 Å². The van der Waals surface area contributed by atoms with Crippen LogP contribution >= 0.6 is 0 Å². The maximum Gasteiger partial charge on any atom is 0.353 e. The lowest BCUT2D eigenvalue weighted by atomic mass is 9.97. The first-order chi connectivity index (χ1) is 15.6. The van der Waals surface area contributed by atoms with Gasteiger partial charge in [0.2, 0.25) is 11.6 Å². The lowest BCUT2D eigenvalue weighted by Crippen LogP contribution is -2.46. The highest BCUT2D eigenvalue weighted by Gasteiger charge is 2.34. The lowest BCUT2D eigenvalue weighted by Gasteiger charge is -2.36. The van der Waals surface area contributed by atoms with Crippen LogP contribution in [0, 0.1) is 16.0 Å². The summed E-state index contributed by atoms with van der Waals surface area (Å²) in [5, 5.41) is 12.0. The topological polar surface area (TPSA) is 105 Å². The predicted molar refractivity (Wildman–Crippen MR) is 120 cm³/mol. The van der Waals surface area contributed by atoms with Crippen LogP contribution in [0.4, 0.5) is 17.3 Å². The quantitative estimate of drug-likeness (QED) is 0.379. The van der Waals surface area contributed by atoms with Crippen LogP contribution in [0.15, 0.2) is 36.7 Å². The number of nitrogens with zero attached hydrogens (tertiary/aromatic N) is 6. The minimum atomic E-state index is -0.382. The van der Waals surface area contributed by atoms with Gasteiger partial charge < -0.3 is 14.5 Å². The zero-order chi connectivity index (χ0) is 22.5. The molecule has 10 heteroatoms. The molecule has 2 saturated heterocycles. The van der Waals surface area contributed by atoms with Gasteiger partial charge in [0.25, 0.3) is 0 Å². The first-order valence-corrected chi connectivity index (χ1v) is 10.9. The van der Waals surface area contributed by atoms with E-state index in [1.54, 1.807) is 0 Å². The summed E-state index contributed by atoms with van der Waals surface area (Å²) in [5.74, 6) is 0.301. The fraction of sp³-hybridized carbons (Fsp3) is 0.500. The number of carbonyl (C=O) groups excluding carboxylic acids is 1. The van der Waals surface area contributed by atoms with Crippen molar-refractivity contribution in [1.82, 2.24) is 14.9 Å². The SMILES string of the molecule is COC(=O)C1CCN(c2ncnc(N3CCN(Cc4ccccc4)CC3)c2[N+](=O)[O-])CC1. The predicted octanol–water partition coefficient (Wildman–Crippen LogP) is 2.10. The normalized spacial score (nSPS) is 17.9. The highest BCUT2D eigenvalue weighted by molar-refractivity contribution is 5.74. The average Bonchev–Trinajstić information content (AvgIpc) is 2.84. The van der Waals surface area contributed by atoms with Crippen molar-refractivity contribution in [2.75, 3.05) is 56.2 Å². The maximum absolute atomic E-state index is 12.0. The average molecular weight is 441 g/mol. The summed E-state index contributed by atoms with van der Waals surface area (Å²) in [6, 6.07) is 10.3. The van der Waals surface area contributed by atoms with Crippen molar-refractivity contribution < 1.29 is 14.5 Å². The number of anilines is 2. The number of benzene rings is 1. The zero-order valence-electron chi connectivity index (χ0n) is 18.2. The van der Waals surface area contributed by atoms with E-state index in [2.05, 4.69) is 27.0 Å². The summed E-state index contributed by atoms with van der Waals surface area (Å²) in [5.41, 5.74) is 1.20. The summed E-state index contributed by atoms with van der Waals surface area (Å²) in [4.78, 5) is 38.2. The molecule has 2 aromatic rings. The fourth-order valence-corrected chi connectivity index (χ4v) is 4.44. The number of piperazine rings is 1. The molecule has 0 atom stereocenters. The Labute approximate surface area is 187 Å². The number of aromatic nitrogens is 2. The highest BCUT2D eigenvalue weighted by atomic mass is 16.6. The molecule has 0 unspecified atom stereocenters. The van der Waals surface area contributed by atoms with E-state index < -0.39 is 0 Å². The largest absolute Gasteiger partial charge is 0.469 e. The van der Waals surface area contributed by atoms with Gasteiger partial charge in [-0.05, 0) is 18.4 Å². The highest BCUT2D eigenvalue weighted by Crippen LogP contribution is 2.36. The molecular formula is C22H28N6O4. The molecule has 0 N–H and O–H groups in total. The molecule has 4 rings (SSSR count). The molecule has 1 aromatic carbocycles. The third-order valence-corrected chi connectivity index (χ3v) is 6.22. The van der Waals surface area contributed by atoms with Gasteiger partial charge in [0.15, 0.2) is 0 Å². The Balaban J connectivity index is 1.46. The van der Waals surface area contributed by atoms with Crippen LogP contribution in [0.3, 0.4) is 0 Å². The summed E-state index contributed by atoms with van der Waals surface area (Å²) in [6.07, 6.45) is 2.57. The number of rotatable bonds is 6. The van der Waals surface area contributed by atoms with Crippen LogP contribution in [-0.4, -0.2) is 72.1 Å². The molecule has 0 amide bonds. The van der Waals surface area contributed by atoms with Crippen LogP contribution in [0.2, 0.25) is 0 Å². The Morgan fingerprint density at radius 1 is 1.03 bits per heavy atom. The van der Waals surface area contributed by atoms with Crippen LogP contribution in [-0.2, 0) is 16.1 Å². The summed E-state index contributed by atoms with van der Waals surface area (Å²) >= 11 is 0. The Kier molecular flexibility index (Phi) is 6.79. The Morgan fingerprint density at radius 3 is 2.19 bits per heavy atom. The van der Waals surface area contributed by atoms with Gasteiger partial charge >= 0.3 is 11.7 Å². The molecule has 10 nitrogen and oxygen atoms in total. The standard InChI is InChI=1S/C22H28N6O4/c1-32-22(29)18-7-9-26(10-8-18)20-19(28(30)31)21(24-16-23-20)27-13-11-25(12-14-27)15-17-5-3-2-4-6-17/h2-6,16,18H,7-15H2,1H3. The smallest absolute Gasteiger partial charge is 0.353 e. The molecule has 0 saturated carbocycles. The second kappa shape index (κ2) is 9.90. The zero-order valence-corrected chi connectivity index (χ0v) is 18.2. The maximum atomic E-state index is 12.0. The minimum Gasteiger partial charge on any atom is -0.469 e. The first kappa shape index (κ1) is 21.9. The number of piperidine rings is 1. The molecule has 2 aliphatic heterocycles. The summed E-state index contributed by atoms with van der Waals surface area (Å²) in [7, 11) is 1.38. The molecule has 0 radical (unpaired) electrons. The van der Waals surface area contributed by atoms with E-state index in [9.17, 15) is 14.9 Å². The number of methoxy groups -OCH3 is 1. The van der Waals surface area contributed by atoms with Crippen LogP contribution < -0.4 is 9.80 Å². The monoisotopic (exact) mass is 440 g/mol. The molecule has 0 aliphatic carbocycles. The van der Waals surface area contributed by atoms with Crippen LogP contribution in [0.5, 0.6) is 0 Å². The van der Waals surface area contributed by atoms with E-state index in [1.807, 2.05) is 28.0 Å². The van der Waals surface area contributed by atoms with Crippen molar-refractivity contribution in [1.29, 1.82) is 0 Å². The van der Waals surface area contributed by atoms with Gasteiger partial charge in [-0.1, -0.05) is 30.3 Å². The van der Waals surface area contributed by atoms with E-state index in [0.29, 0.717) is 50.7 Å². The van der Waals surface area contributed by atoms with Crippen molar-refractivity contribution in [3.63, 3.8) is 0 Å². The third kappa shape index (κ3) is 4.80. The van der Waals surface area contributed by atoms with Gasteiger partial charge in [0.1, 0.15) is 6.33 Å². The van der Waals surface area contributed by atoms with Crippen molar-refractivity contribution in [3.8, 4) is 0 Å². The van der Waals surface area contributed by atoms with Crippen molar-refractivity contribution in [2.24, 2.45) is 5.92 Å². The van der Waals surface area contributed by atoms with Gasteiger partial charge in [0.05, 0.1) is 18.0 Å².